The summed E-state index contributed by atoms with van der Waals surface area (Å²) in [6.07, 6.45) is 3.76. The molecule has 0 spiro atoms. The predicted molar refractivity (Wildman–Crippen MR) is 71.9 cm³/mol. The summed E-state index contributed by atoms with van der Waals surface area (Å²) in [4.78, 5) is 6.65. The van der Waals surface area contributed by atoms with Gasteiger partial charge in [-0.3, -0.25) is 0 Å². The van der Waals surface area contributed by atoms with Crippen molar-refractivity contribution in [2.24, 2.45) is 5.73 Å². The maximum absolute atomic E-state index is 6.16. The molecule has 0 aromatic carbocycles. The number of hydrogen-bond acceptors (Lipinski definition) is 3. The molecule has 0 aliphatic heterocycles. The van der Waals surface area contributed by atoms with E-state index in [0.717, 1.165) is 25.3 Å². The molecule has 0 saturated heterocycles. The molecular formula is C13H26N4. The zero-order valence-electron chi connectivity index (χ0n) is 11.8. The second-order valence-electron chi connectivity index (χ2n) is 5.24. The summed E-state index contributed by atoms with van der Waals surface area (Å²) in [6.45, 7) is 13.8. The Morgan fingerprint density at radius 2 is 2.00 bits per heavy atom. The Morgan fingerprint density at radius 1 is 1.41 bits per heavy atom. The first-order chi connectivity index (χ1) is 7.90. The summed E-state index contributed by atoms with van der Waals surface area (Å²) < 4.78 is 2.19. The Hall–Kier alpha value is -0.870. The van der Waals surface area contributed by atoms with Crippen molar-refractivity contribution in [3.8, 4) is 0 Å². The van der Waals surface area contributed by atoms with Gasteiger partial charge in [0.1, 0.15) is 0 Å². The maximum atomic E-state index is 6.16. The second-order valence-corrected chi connectivity index (χ2v) is 5.24. The molecule has 17 heavy (non-hydrogen) atoms. The van der Waals surface area contributed by atoms with Crippen LogP contribution < -0.4 is 5.73 Å². The van der Waals surface area contributed by atoms with Crippen molar-refractivity contribution in [3.63, 3.8) is 0 Å². The van der Waals surface area contributed by atoms with Crippen molar-refractivity contribution in [1.82, 2.24) is 14.5 Å². The van der Waals surface area contributed by atoms with Crippen LogP contribution in [0.4, 0.5) is 0 Å². The van der Waals surface area contributed by atoms with Crippen LogP contribution in [0.25, 0.3) is 0 Å². The van der Waals surface area contributed by atoms with E-state index in [-0.39, 0.29) is 5.54 Å². The number of nitrogens with zero attached hydrogens (tertiary/aromatic N) is 3. The number of nitrogens with two attached hydrogens (primary N) is 1. The average Bonchev–Trinajstić information content (AvgIpc) is 2.73. The van der Waals surface area contributed by atoms with Crippen molar-refractivity contribution >= 4 is 0 Å². The third-order valence-electron chi connectivity index (χ3n) is 3.22. The third-order valence-corrected chi connectivity index (χ3v) is 3.22. The molecule has 1 aromatic rings. The second kappa shape index (κ2) is 5.65. The van der Waals surface area contributed by atoms with Gasteiger partial charge in [-0.2, -0.15) is 0 Å². The highest BCUT2D eigenvalue weighted by molar-refractivity contribution is 5.11. The van der Waals surface area contributed by atoms with Gasteiger partial charge in [0.2, 0.25) is 0 Å². The van der Waals surface area contributed by atoms with E-state index in [1.54, 1.807) is 0 Å². The van der Waals surface area contributed by atoms with Gasteiger partial charge in [-0.1, -0.05) is 13.8 Å². The molecule has 0 fully saturated rings. The largest absolute Gasteiger partial charge is 0.329 e. The molecule has 1 unspecified atom stereocenters. The molecule has 0 amide bonds. The number of imidazole rings is 1. The SMILES string of the molecule is CCN(CC)CC(C)n1cncc1C(C)(C)N. The first kappa shape index (κ1) is 14.2. The van der Waals surface area contributed by atoms with E-state index in [1.807, 2.05) is 26.4 Å². The summed E-state index contributed by atoms with van der Waals surface area (Å²) in [5, 5.41) is 0. The Morgan fingerprint density at radius 3 is 2.47 bits per heavy atom. The van der Waals surface area contributed by atoms with E-state index in [2.05, 4.69) is 35.2 Å². The Bertz CT molecular complexity index is 333. The minimum Gasteiger partial charge on any atom is -0.329 e. The first-order valence-corrected chi connectivity index (χ1v) is 6.43. The molecule has 0 aliphatic carbocycles. The highest BCUT2D eigenvalue weighted by Crippen LogP contribution is 2.20. The van der Waals surface area contributed by atoms with Gasteiger partial charge in [-0.05, 0) is 33.9 Å². The van der Waals surface area contributed by atoms with Gasteiger partial charge >= 0.3 is 0 Å². The van der Waals surface area contributed by atoms with Crippen LogP contribution in [-0.4, -0.2) is 34.1 Å². The zero-order chi connectivity index (χ0) is 13.1. The summed E-state index contributed by atoms with van der Waals surface area (Å²) in [7, 11) is 0. The lowest BCUT2D eigenvalue weighted by atomic mass is 10.0. The van der Waals surface area contributed by atoms with E-state index in [0.29, 0.717) is 6.04 Å². The average molecular weight is 238 g/mol. The molecule has 2 N–H and O–H groups in total. The molecule has 0 radical (unpaired) electrons. The van der Waals surface area contributed by atoms with E-state index >= 15 is 0 Å². The molecule has 4 nitrogen and oxygen atoms in total. The highest BCUT2D eigenvalue weighted by atomic mass is 15.2. The predicted octanol–water partition coefficient (Wildman–Crippen LogP) is 1.98. The van der Waals surface area contributed by atoms with Gasteiger partial charge in [0.05, 0.1) is 17.6 Å². The quantitative estimate of drug-likeness (QED) is 0.824. The van der Waals surface area contributed by atoms with Crippen LogP contribution in [0.15, 0.2) is 12.5 Å². The van der Waals surface area contributed by atoms with E-state index in [9.17, 15) is 0 Å². The van der Waals surface area contributed by atoms with Gasteiger partial charge in [0.15, 0.2) is 0 Å². The van der Waals surface area contributed by atoms with Crippen molar-refractivity contribution in [2.45, 2.75) is 46.2 Å². The van der Waals surface area contributed by atoms with E-state index < -0.39 is 0 Å². The summed E-state index contributed by atoms with van der Waals surface area (Å²) in [5.74, 6) is 0. The van der Waals surface area contributed by atoms with Gasteiger partial charge < -0.3 is 15.2 Å². The van der Waals surface area contributed by atoms with Crippen LogP contribution in [0, 0.1) is 0 Å². The van der Waals surface area contributed by atoms with Crippen LogP contribution >= 0.6 is 0 Å². The fraction of sp³-hybridized carbons (Fsp3) is 0.769. The maximum Gasteiger partial charge on any atom is 0.0951 e. The van der Waals surface area contributed by atoms with Gasteiger partial charge in [-0.25, -0.2) is 4.98 Å². The molecule has 1 aromatic heterocycles. The molecular weight excluding hydrogens is 212 g/mol. The van der Waals surface area contributed by atoms with E-state index in [1.165, 1.54) is 0 Å². The first-order valence-electron chi connectivity index (χ1n) is 6.43. The summed E-state index contributed by atoms with van der Waals surface area (Å²) in [5.41, 5.74) is 6.92. The molecule has 1 heterocycles. The van der Waals surface area contributed by atoms with Crippen LogP contribution in [0.2, 0.25) is 0 Å². The molecule has 1 atom stereocenters. The van der Waals surface area contributed by atoms with E-state index in [4.69, 9.17) is 5.73 Å². The monoisotopic (exact) mass is 238 g/mol. The molecule has 0 aliphatic rings. The van der Waals surface area contributed by atoms with Crippen molar-refractivity contribution in [3.05, 3.63) is 18.2 Å². The Labute approximate surface area is 105 Å². The lowest BCUT2D eigenvalue weighted by molar-refractivity contribution is 0.255. The van der Waals surface area contributed by atoms with Crippen molar-refractivity contribution < 1.29 is 0 Å². The molecule has 4 heteroatoms. The van der Waals surface area contributed by atoms with Crippen LogP contribution in [0.5, 0.6) is 0 Å². The number of aromatic nitrogens is 2. The highest BCUT2D eigenvalue weighted by Gasteiger charge is 2.21. The molecule has 0 saturated carbocycles. The molecule has 98 valence electrons. The number of rotatable bonds is 6. The number of likely N-dealkylation sites (N-methyl/N-ethyl adjacent to an activating group) is 1. The topological polar surface area (TPSA) is 47.1 Å². The summed E-state index contributed by atoms with van der Waals surface area (Å²) >= 11 is 0. The minimum absolute atomic E-state index is 0.339. The summed E-state index contributed by atoms with van der Waals surface area (Å²) in [6, 6.07) is 0.398. The van der Waals surface area contributed by atoms with Gasteiger partial charge in [0.25, 0.3) is 0 Å². The smallest absolute Gasteiger partial charge is 0.0951 e. The standard InChI is InChI=1S/C13H26N4/c1-6-16(7-2)9-11(3)17-10-15-8-12(17)13(4,5)14/h8,10-11H,6-7,9,14H2,1-5H3. The zero-order valence-corrected chi connectivity index (χ0v) is 11.8. The molecule has 1 rings (SSSR count). The number of hydrogen-bond donors (Lipinski definition) is 1. The lowest BCUT2D eigenvalue weighted by Gasteiger charge is -2.28. The Kier molecular flexibility index (Phi) is 4.71. The molecule has 0 bridgehead atoms. The van der Waals surface area contributed by atoms with Crippen LogP contribution in [-0.2, 0) is 5.54 Å². The Balaban J connectivity index is 2.82. The fourth-order valence-electron chi connectivity index (χ4n) is 2.10. The van der Waals surface area contributed by atoms with Crippen LogP contribution in [0.1, 0.15) is 46.4 Å². The van der Waals surface area contributed by atoms with Crippen LogP contribution in [0.3, 0.4) is 0 Å². The third kappa shape index (κ3) is 3.54. The minimum atomic E-state index is -0.339. The van der Waals surface area contributed by atoms with Crippen molar-refractivity contribution in [1.29, 1.82) is 0 Å². The normalized spacial score (nSPS) is 14.3. The van der Waals surface area contributed by atoms with Crippen molar-refractivity contribution in [2.75, 3.05) is 19.6 Å². The van der Waals surface area contributed by atoms with Gasteiger partial charge in [-0.15, -0.1) is 0 Å². The fourth-order valence-corrected chi connectivity index (χ4v) is 2.10. The van der Waals surface area contributed by atoms with Gasteiger partial charge in [0, 0.05) is 18.8 Å². The lowest BCUT2D eigenvalue weighted by Crippen LogP contribution is -2.35.